The van der Waals surface area contributed by atoms with Gasteiger partial charge in [-0.25, -0.2) is 0 Å². The number of fused-ring (bicyclic) bond motifs is 1. The maximum Gasteiger partial charge on any atom is 0.0409 e. The second-order valence-corrected chi connectivity index (χ2v) is 3.79. The van der Waals surface area contributed by atoms with Gasteiger partial charge in [0.25, 0.3) is 0 Å². The second kappa shape index (κ2) is 5.01. The van der Waals surface area contributed by atoms with Crippen molar-refractivity contribution in [2.24, 2.45) is 0 Å². The third-order valence-electron chi connectivity index (χ3n) is 2.40. The molecule has 0 aliphatic carbocycles. The lowest BCUT2D eigenvalue weighted by Gasteiger charge is -2.11. The lowest BCUT2D eigenvalue weighted by molar-refractivity contribution is 0.644. The molecule has 1 atom stereocenters. The van der Waals surface area contributed by atoms with Crippen LogP contribution in [0.5, 0.6) is 0 Å². The summed E-state index contributed by atoms with van der Waals surface area (Å²) >= 11 is 5.94. The van der Waals surface area contributed by atoms with E-state index in [4.69, 9.17) is 15.7 Å². The number of nitrogens with one attached hydrogen (secondary N) is 1. The zero-order valence-electron chi connectivity index (χ0n) is 10.7. The van der Waals surface area contributed by atoms with Crippen molar-refractivity contribution in [2.45, 2.75) is 19.2 Å². The van der Waals surface area contributed by atoms with Crippen molar-refractivity contribution in [2.75, 3.05) is 13.1 Å². The highest BCUT2D eigenvalue weighted by molar-refractivity contribution is 6.30. The van der Waals surface area contributed by atoms with Crippen LogP contribution in [0.25, 0.3) is 0 Å². The number of hydrogen-bond acceptors (Lipinski definition) is 1. The number of benzene rings is 1. The molecule has 1 N–H and O–H groups in total. The molecule has 0 radical (unpaired) electrons. The van der Waals surface area contributed by atoms with Crippen molar-refractivity contribution >= 4 is 24.0 Å². The van der Waals surface area contributed by atoms with Crippen molar-refractivity contribution in [3.8, 4) is 0 Å². The molecule has 0 unspecified atom stereocenters. The monoisotopic (exact) mass is 234 g/mol. The standard InChI is InChI=1S/C11H14ClN.ClH/c1-8-7-13-5-4-9-2-3-10(12)6-11(8)9;/h2-3,6,8,13H,4-5,7H2,1H3;1H/t8-;/m0./s1/i1D3;. The van der Waals surface area contributed by atoms with Crippen LogP contribution >= 0.6 is 24.0 Å². The van der Waals surface area contributed by atoms with E-state index in [1.165, 1.54) is 0 Å². The first-order valence-electron chi connectivity index (χ1n) is 5.97. The predicted molar refractivity (Wildman–Crippen MR) is 63.7 cm³/mol. The van der Waals surface area contributed by atoms with Crippen molar-refractivity contribution in [3.05, 3.63) is 34.3 Å². The molecule has 0 spiro atoms. The van der Waals surface area contributed by atoms with Gasteiger partial charge >= 0.3 is 0 Å². The van der Waals surface area contributed by atoms with Crippen LogP contribution in [0.15, 0.2) is 18.2 Å². The lowest BCUT2D eigenvalue weighted by atomic mass is 9.96. The molecule has 1 nitrogen and oxygen atoms in total. The van der Waals surface area contributed by atoms with E-state index >= 15 is 0 Å². The summed E-state index contributed by atoms with van der Waals surface area (Å²) in [5.41, 5.74) is 1.97. The molecule has 0 bridgehead atoms. The molecule has 0 saturated carbocycles. The first-order valence-corrected chi connectivity index (χ1v) is 4.85. The Labute approximate surface area is 100 Å². The van der Waals surface area contributed by atoms with Gasteiger partial charge in [-0.2, -0.15) is 0 Å². The minimum absolute atomic E-state index is 0. The lowest BCUT2D eigenvalue weighted by Crippen LogP contribution is -2.18. The highest BCUT2D eigenvalue weighted by Crippen LogP contribution is 2.25. The van der Waals surface area contributed by atoms with Crippen molar-refractivity contribution in [1.29, 1.82) is 0 Å². The van der Waals surface area contributed by atoms with Crippen LogP contribution in [0.4, 0.5) is 0 Å². The maximum atomic E-state index is 7.58. The molecule has 1 aliphatic heterocycles. The molecule has 0 saturated heterocycles. The van der Waals surface area contributed by atoms with Gasteiger partial charge in [-0.1, -0.05) is 24.5 Å². The van der Waals surface area contributed by atoms with Gasteiger partial charge in [-0.3, -0.25) is 0 Å². The first kappa shape index (κ1) is 7.98. The van der Waals surface area contributed by atoms with Gasteiger partial charge < -0.3 is 5.32 Å². The Morgan fingerprint density at radius 2 is 2.43 bits per heavy atom. The Morgan fingerprint density at radius 3 is 3.21 bits per heavy atom. The Bertz CT molecular complexity index is 393. The van der Waals surface area contributed by atoms with E-state index in [1.54, 1.807) is 6.07 Å². The molecule has 1 aliphatic rings. The van der Waals surface area contributed by atoms with Gasteiger partial charge in [0.1, 0.15) is 0 Å². The first-order chi connectivity index (χ1) is 7.48. The molecule has 1 aromatic rings. The quantitative estimate of drug-likeness (QED) is 0.728. The molecule has 14 heavy (non-hydrogen) atoms. The molecular formula is C11H15Cl2N. The zero-order valence-corrected chi connectivity index (χ0v) is 9.29. The van der Waals surface area contributed by atoms with Crippen LogP contribution in [0.3, 0.4) is 0 Å². The average Bonchev–Trinajstić information content (AvgIpc) is 2.38. The van der Waals surface area contributed by atoms with Crippen molar-refractivity contribution in [1.82, 2.24) is 5.32 Å². The van der Waals surface area contributed by atoms with Gasteiger partial charge in [-0.15, -0.1) is 12.4 Å². The molecular weight excluding hydrogens is 217 g/mol. The fourth-order valence-electron chi connectivity index (χ4n) is 1.70. The topological polar surface area (TPSA) is 12.0 Å². The molecule has 1 aromatic carbocycles. The maximum absolute atomic E-state index is 7.58. The number of halogens is 2. The number of hydrogen-bond donors (Lipinski definition) is 1. The minimum atomic E-state index is -1.98. The smallest absolute Gasteiger partial charge is 0.0409 e. The van der Waals surface area contributed by atoms with Crippen LogP contribution in [-0.4, -0.2) is 13.1 Å². The number of rotatable bonds is 0. The summed E-state index contributed by atoms with van der Waals surface area (Å²) < 4.78 is 22.7. The Morgan fingerprint density at radius 1 is 1.57 bits per heavy atom. The molecule has 0 amide bonds. The Balaban J connectivity index is 0.00000144. The summed E-state index contributed by atoms with van der Waals surface area (Å²) in [4.78, 5) is 0. The van der Waals surface area contributed by atoms with Crippen LogP contribution < -0.4 is 5.32 Å². The fourth-order valence-corrected chi connectivity index (χ4v) is 1.88. The molecule has 3 heteroatoms. The zero-order chi connectivity index (χ0) is 11.8. The van der Waals surface area contributed by atoms with Crippen molar-refractivity contribution in [3.63, 3.8) is 0 Å². The molecule has 1 heterocycles. The summed E-state index contributed by atoms with van der Waals surface area (Å²) in [6.45, 7) is -0.665. The third kappa shape index (κ3) is 2.41. The highest BCUT2D eigenvalue weighted by Gasteiger charge is 2.13. The van der Waals surface area contributed by atoms with Crippen molar-refractivity contribution < 1.29 is 4.11 Å². The second-order valence-electron chi connectivity index (χ2n) is 3.35. The Kier molecular flexibility index (Phi) is 2.86. The summed E-state index contributed by atoms with van der Waals surface area (Å²) in [6, 6.07) is 5.55. The van der Waals surface area contributed by atoms with E-state index in [2.05, 4.69) is 5.32 Å². The van der Waals surface area contributed by atoms with E-state index in [1.807, 2.05) is 12.1 Å². The summed E-state index contributed by atoms with van der Waals surface area (Å²) in [6.07, 6.45) is 0.860. The normalized spacial score (nSPS) is 24.6. The SMILES string of the molecule is Cl.[2H]C([2H])([2H])[C@H]1CNCCc2ccc(Cl)cc21. The summed E-state index contributed by atoms with van der Waals surface area (Å²) in [5.74, 6) is -0.455. The fraction of sp³-hybridized carbons (Fsp3) is 0.455. The molecule has 2 rings (SSSR count). The van der Waals surface area contributed by atoms with Gasteiger partial charge in [0.2, 0.25) is 0 Å². The van der Waals surface area contributed by atoms with E-state index in [-0.39, 0.29) is 12.4 Å². The Hall–Kier alpha value is -0.240. The van der Waals surface area contributed by atoms with Gasteiger partial charge in [0, 0.05) is 15.7 Å². The summed E-state index contributed by atoms with van der Waals surface area (Å²) in [5, 5.41) is 3.77. The predicted octanol–water partition coefficient (Wildman–Crippen LogP) is 3.01. The molecule has 0 aromatic heterocycles. The third-order valence-corrected chi connectivity index (χ3v) is 2.64. The van der Waals surface area contributed by atoms with Crippen LogP contribution in [0.2, 0.25) is 5.02 Å². The van der Waals surface area contributed by atoms with Crippen LogP contribution in [-0.2, 0) is 6.42 Å². The molecule has 78 valence electrons. The van der Waals surface area contributed by atoms with Crippen LogP contribution in [0, 0.1) is 0 Å². The van der Waals surface area contributed by atoms with E-state index in [0.717, 1.165) is 24.1 Å². The van der Waals surface area contributed by atoms with E-state index in [9.17, 15) is 0 Å². The van der Waals surface area contributed by atoms with Gasteiger partial charge in [0.15, 0.2) is 0 Å². The minimum Gasteiger partial charge on any atom is -0.316 e. The summed E-state index contributed by atoms with van der Waals surface area (Å²) in [7, 11) is 0. The van der Waals surface area contributed by atoms with Gasteiger partial charge in [-0.05, 0) is 42.1 Å². The largest absolute Gasteiger partial charge is 0.316 e. The van der Waals surface area contributed by atoms with Gasteiger partial charge in [0.05, 0.1) is 0 Å². The van der Waals surface area contributed by atoms with E-state index < -0.39 is 12.8 Å². The van der Waals surface area contributed by atoms with Crippen LogP contribution in [0.1, 0.15) is 28.0 Å². The van der Waals surface area contributed by atoms with E-state index in [0.29, 0.717) is 11.6 Å². The highest BCUT2D eigenvalue weighted by atomic mass is 35.5. The molecule has 0 fully saturated rings. The average molecular weight is 235 g/mol.